The molecule has 0 aliphatic carbocycles. The van der Waals surface area contributed by atoms with Crippen LogP contribution in [0.4, 0.5) is 14.5 Å². The number of fused-ring (bicyclic) bond motifs is 2. The molecule has 0 radical (unpaired) electrons. The van der Waals surface area contributed by atoms with Gasteiger partial charge in [0, 0.05) is 87.0 Å². The lowest BCUT2D eigenvalue weighted by atomic mass is 10.0. The molecule has 1 aromatic heterocycles. The smallest absolute Gasteiger partial charge is 0.264 e. The maximum absolute atomic E-state index is 15.4. The predicted octanol–water partition coefficient (Wildman–Crippen LogP) is 5.24. The fraction of sp³-hybridized carbons (Fsp3) is 0.440. The maximum Gasteiger partial charge on any atom is 0.264 e. The summed E-state index contributed by atoms with van der Waals surface area (Å²) < 4.78 is 36.2. The monoisotopic (exact) mass is 934 g/mol. The van der Waals surface area contributed by atoms with Gasteiger partial charge in [-0.1, -0.05) is 43.9 Å². The van der Waals surface area contributed by atoms with Crippen LogP contribution in [0.3, 0.4) is 0 Å². The number of nitrogens with one attached hydrogen (secondary N) is 2. The van der Waals surface area contributed by atoms with Gasteiger partial charge >= 0.3 is 0 Å². The number of likely N-dealkylation sites (tertiary alicyclic amines) is 1. The van der Waals surface area contributed by atoms with Crippen LogP contribution >= 0.6 is 0 Å². The molecule has 3 aliphatic rings. The number of para-hydroxylation sites is 1. The number of aromatic nitrogens is 2. The number of halogens is 2. The van der Waals surface area contributed by atoms with Crippen LogP contribution in [-0.2, 0) is 25.7 Å². The van der Waals surface area contributed by atoms with Crippen LogP contribution in [0.2, 0.25) is 0 Å². The number of amides is 4. The van der Waals surface area contributed by atoms with Crippen molar-refractivity contribution < 1.29 is 37.5 Å². The summed E-state index contributed by atoms with van der Waals surface area (Å²) in [6.45, 7) is 5.45. The summed E-state index contributed by atoms with van der Waals surface area (Å²) in [6, 6.07) is 11.9. The number of hydrogen-bond acceptors (Lipinski definition) is 13. The molecule has 1 unspecified atom stereocenters. The number of carbonyl (C=O) groups excluding carboxylic acids is 5. The molecule has 16 nitrogen and oxygen atoms in total. The molecule has 18 heteroatoms. The van der Waals surface area contributed by atoms with Gasteiger partial charge in [-0.15, -0.1) is 0 Å². The minimum Gasteiger partial charge on any atom is -0.404 e. The fourth-order valence-electron chi connectivity index (χ4n) is 8.93. The van der Waals surface area contributed by atoms with Crippen LogP contribution in [0.15, 0.2) is 65.9 Å². The maximum atomic E-state index is 15.4. The van der Waals surface area contributed by atoms with E-state index < -0.39 is 35.4 Å². The first-order chi connectivity index (χ1) is 33.1. The molecule has 1 atom stereocenters. The highest BCUT2D eigenvalue weighted by molar-refractivity contribution is 6.25. The van der Waals surface area contributed by atoms with Crippen molar-refractivity contribution in [1.82, 2.24) is 30.0 Å². The quantitative estimate of drug-likeness (QED) is 0.0325. The minimum atomic E-state index is -1.19. The lowest BCUT2D eigenvalue weighted by molar-refractivity contribution is -0.123. The Morgan fingerprint density at radius 3 is 2.29 bits per heavy atom. The van der Waals surface area contributed by atoms with Gasteiger partial charge in [0.25, 0.3) is 11.8 Å². The van der Waals surface area contributed by atoms with Gasteiger partial charge in [0.2, 0.25) is 11.8 Å². The number of unbranched alkanes of at least 4 members (excludes halogenated alkanes) is 5. The number of allylic oxidation sites excluding steroid dienone is 1. The summed E-state index contributed by atoms with van der Waals surface area (Å²) in [7, 11) is 0. The highest BCUT2D eigenvalue weighted by atomic mass is 19.1. The number of benzene rings is 3. The second kappa shape index (κ2) is 24.0. The number of primary amides is 1. The van der Waals surface area contributed by atoms with E-state index in [1.165, 1.54) is 18.3 Å². The van der Waals surface area contributed by atoms with E-state index in [2.05, 4.69) is 20.5 Å². The Morgan fingerprint density at radius 2 is 1.59 bits per heavy atom. The van der Waals surface area contributed by atoms with E-state index in [4.69, 9.17) is 26.2 Å². The molecule has 0 bridgehead atoms. The Labute approximate surface area is 394 Å². The largest absolute Gasteiger partial charge is 0.404 e. The lowest BCUT2D eigenvalue weighted by Gasteiger charge is -2.29. The Balaban J connectivity index is 0.788. The molecule has 68 heavy (non-hydrogen) atoms. The second-order valence-electron chi connectivity index (χ2n) is 17.4. The van der Waals surface area contributed by atoms with Crippen molar-refractivity contribution in [2.75, 3.05) is 64.3 Å². The zero-order valence-corrected chi connectivity index (χ0v) is 38.3. The summed E-state index contributed by atoms with van der Waals surface area (Å²) in [5, 5.41) is 6.31. The summed E-state index contributed by atoms with van der Waals surface area (Å²) in [5.74, 6) is -3.25. The number of morpholine rings is 1. The van der Waals surface area contributed by atoms with E-state index in [9.17, 15) is 24.0 Å². The number of piperidine rings is 1. The molecule has 7 rings (SSSR count). The van der Waals surface area contributed by atoms with E-state index in [-0.39, 0.29) is 48.0 Å². The van der Waals surface area contributed by atoms with Crippen LogP contribution in [0.5, 0.6) is 0 Å². The van der Waals surface area contributed by atoms with Crippen molar-refractivity contribution in [2.24, 2.45) is 16.5 Å². The van der Waals surface area contributed by atoms with Crippen LogP contribution < -0.4 is 22.1 Å². The molecule has 3 aromatic carbocycles. The number of hydrogen-bond donors (Lipinski definition) is 4. The fourth-order valence-corrected chi connectivity index (χ4v) is 8.93. The first-order valence-electron chi connectivity index (χ1n) is 23.5. The van der Waals surface area contributed by atoms with Gasteiger partial charge in [0.15, 0.2) is 0 Å². The summed E-state index contributed by atoms with van der Waals surface area (Å²) in [6.07, 6.45) is 12.6. The van der Waals surface area contributed by atoms with Gasteiger partial charge in [-0.25, -0.2) is 13.8 Å². The Bertz CT molecular complexity index is 2500. The molecule has 6 N–H and O–H groups in total. The second-order valence-corrected chi connectivity index (χ2v) is 17.4. The number of ether oxygens (including phenoxy) is 1. The molecular formula is C50H60F2N10O6. The van der Waals surface area contributed by atoms with Crippen molar-refractivity contribution in [1.29, 1.82) is 0 Å². The third-order valence-electron chi connectivity index (χ3n) is 12.7. The number of anilines is 1. The number of carbonyl (C=O) groups is 5. The normalized spacial score (nSPS) is 16.7. The predicted molar refractivity (Wildman–Crippen MR) is 256 cm³/mol. The average Bonchev–Trinajstić information content (AvgIpc) is 3.59. The number of aldehydes is 1. The van der Waals surface area contributed by atoms with Crippen molar-refractivity contribution >= 4 is 58.4 Å². The standard InChI is InChI=1S/C50H60F2N10O6/c51-39-26-33(27-40(52)38(39)31-61-21-24-68-25-22-61)36-10-7-13-42-47(36)59-43(30-58-42)34(28-53)29-57-35-15-19-60(20-16-35)32-45(64)56-18-6-4-2-1-3-5-17-55-41-12-8-11-37-46(41)50(67)62(49(37)66)44(48(54)65)14-9-23-63/h7-8,10-13,23,26-30,35,44,55H,1-6,9,14-22,24-25,31-32,53H2,(H2,54,65)(H,56,64). The number of imide groups is 1. The highest BCUT2D eigenvalue weighted by Crippen LogP contribution is 2.33. The molecule has 4 heterocycles. The molecule has 4 aromatic rings. The molecular weight excluding hydrogens is 875 g/mol. The van der Waals surface area contributed by atoms with Crippen molar-refractivity contribution in [3.63, 3.8) is 0 Å². The Hall–Kier alpha value is -6.50. The van der Waals surface area contributed by atoms with Gasteiger partial charge in [-0.05, 0) is 68.0 Å². The topological polar surface area (TPSA) is 219 Å². The minimum absolute atomic E-state index is 0.00114. The number of aliphatic imine (C=N–C) groups is 1. The number of nitrogens with two attached hydrogens (primary N) is 2. The van der Waals surface area contributed by atoms with E-state index in [1.54, 1.807) is 48.8 Å². The lowest BCUT2D eigenvalue weighted by Crippen LogP contribution is -2.47. The SMILES string of the molecule is NC=C(C=NC1CCN(CC(=O)NCCCCCCCCNc2cccc3c2C(=O)N(C(CCC=O)C(N)=O)C3=O)CC1)c1cnc2cccc(-c3cc(F)c(CN4CCOCC4)c(F)c3)c2n1. The molecule has 3 aliphatic heterocycles. The van der Waals surface area contributed by atoms with Crippen LogP contribution in [0.25, 0.3) is 27.7 Å². The number of nitrogens with zero attached hydrogens (tertiary/aromatic N) is 6. The first kappa shape index (κ1) is 49.4. The molecule has 2 fully saturated rings. The van der Waals surface area contributed by atoms with Crippen molar-refractivity contribution in [2.45, 2.75) is 82.8 Å². The van der Waals surface area contributed by atoms with Gasteiger partial charge < -0.3 is 31.6 Å². The van der Waals surface area contributed by atoms with E-state index >= 15 is 8.78 Å². The third-order valence-corrected chi connectivity index (χ3v) is 12.7. The van der Waals surface area contributed by atoms with E-state index in [0.29, 0.717) is 91.3 Å². The molecule has 2 saturated heterocycles. The van der Waals surface area contributed by atoms with E-state index in [0.717, 1.165) is 69.4 Å². The summed E-state index contributed by atoms with van der Waals surface area (Å²) in [5.41, 5.74) is 15.5. The summed E-state index contributed by atoms with van der Waals surface area (Å²) >= 11 is 0. The summed E-state index contributed by atoms with van der Waals surface area (Å²) in [4.78, 5) is 81.2. The zero-order valence-electron chi connectivity index (χ0n) is 38.3. The Kier molecular flexibility index (Phi) is 17.4. The first-order valence-corrected chi connectivity index (χ1v) is 23.5. The van der Waals surface area contributed by atoms with Gasteiger partial charge in [0.05, 0.1) is 59.9 Å². The van der Waals surface area contributed by atoms with Gasteiger partial charge in [-0.3, -0.25) is 43.9 Å². The molecule has 360 valence electrons. The van der Waals surface area contributed by atoms with Gasteiger partial charge in [0.1, 0.15) is 24.0 Å². The van der Waals surface area contributed by atoms with Crippen LogP contribution in [0, 0.1) is 11.6 Å². The Morgan fingerprint density at radius 1 is 0.897 bits per heavy atom. The highest BCUT2D eigenvalue weighted by Gasteiger charge is 2.43. The zero-order chi connectivity index (χ0) is 48.0. The van der Waals surface area contributed by atoms with E-state index in [1.807, 2.05) is 4.90 Å². The third kappa shape index (κ3) is 12.3. The van der Waals surface area contributed by atoms with Gasteiger partial charge in [-0.2, -0.15) is 0 Å². The molecule has 0 spiro atoms. The average molecular weight is 935 g/mol. The molecule has 4 amide bonds. The van der Waals surface area contributed by atoms with Crippen molar-refractivity contribution in [3.8, 4) is 11.1 Å². The number of rotatable bonds is 23. The van der Waals surface area contributed by atoms with Crippen LogP contribution in [-0.4, -0.2) is 132 Å². The van der Waals surface area contributed by atoms with Crippen LogP contribution in [0.1, 0.15) is 96.2 Å². The molecule has 0 saturated carbocycles. The van der Waals surface area contributed by atoms with Crippen molar-refractivity contribution in [3.05, 3.63) is 94.9 Å².